The fourth-order valence-electron chi connectivity index (χ4n) is 3.83. The van der Waals surface area contributed by atoms with Crippen LogP contribution < -0.4 is 14.8 Å². The van der Waals surface area contributed by atoms with Crippen molar-refractivity contribution in [2.24, 2.45) is 0 Å². The predicted molar refractivity (Wildman–Crippen MR) is 126 cm³/mol. The highest BCUT2D eigenvalue weighted by molar-refractivity contribution is 6.31. The van der Waals surface area contributed by atoms with Crippen LogP contribution in [-0.4, -0.2) is 47.1 Å². The Labute approximate surface area is 196 Å². The van der Waals surface area contributed by atoms with Crippen molar-refractivity contribution in [3.63, 3.8) is 0 Å². The normalized spacial score (nSPS) is 15.9. The maximum atomic E-state index is 14.7. The monoisotopic (exact) mass is 470 g/mol. The summed E-state index contributed by atoms with van der Waals surface area (Å²) in [4.78, 5) is 22.3. The van der Waals surface area contributed by atoms with Crippen molar-refractivity contribution in [2.45, 2.75) is 25.9 Å². The van der Waals surface area contributed by atoms with Gasteiger partial charge in [0, 0.05) is 18.0 Å². The Kier molecular flexibility index (Phi) is 6.65. The average molecular weight is 471 g/mol. The van der Waals surface area contributed by atoms with E-state index >= 15 is 0 Å². The smallest absolute Gasteiger partial charge is 0.246 e. The fraction of sp³-hybridized carbons (Fsp3) is 0.292. The molecule has 0 bridgehead atoms. The molecular weight excluding hydrogens is 447 g/mol. The van der Waals surface area contributed by atoms with Crippen molar-refractivity contribution in [3.05, 3.63) is 59.7 Å². The number of benzene rings is 2. The van der Waals surface area contributed by atoms with Crippen molar-refractivity contribution in [2.75, 3.05) is 25.5 Å². The first-order chi connectivity index (χ1) is 15.9. The Balaban J connectivity index is 1.67. The van der Waals surface area contributed by atoms with Gasteiger partial charge in [0.2, 0.25) is 5.91 Å². The summed E-state index contributed by atoms with van der Waals surface area (Å²) in [5.74, 6) is 0.723. The van der Waals surface area contributed by atoms with Crippen molar-refractivity contribution in [3.8, 4) is 11.5 Å². The van der Waals surface area contributed by atoms with E-state index in [1.54, 1.807) is 43.2 Å². The van der Waals surface area contributed by atoms with Gasteiger partial charge in [0.15, 0.2) is 17.3 Å². The van der Waals surface area contributed by atoms with Crippen LogP contribution in [0.15, 0.2) is 43.2 Å². The largest absolute Gasteiger partial charge is 0.493 e. The first-order valence-electron chi connectivity index (χ1n) is 10.5. The minimum absolute atomic E-state index is 0.0555. The number of nitrogens with zero attached hydrogens (tertiary/aromatic N) is 3. The zero-order chi connectivity index (χ0) is 23.5. The molecule has 3 aromatic rings. The molecule has 1 saturated heterocycles. The SMILES string of the molecule is C=CC(=O)N1CCCC(Oc2cc3c(Nc4ccc(C)c(Cl)c4F)ncnc3cc2OC)C1. The second-order valence-corrected chi connectivity index (χ2v) is 8.17. The lowest BCUT2D eigenvalue weighted by Gasteiger charge is -2.32. The number of likely N-dealkylation sites (tertiary alicyclic amines) is 1. The number of methoxy groups -OCH3 is 1. The van der Waals surface area contributed by atoms with Gasteiger partial charge in [-0.25, -0.2) is 14.4 Å². The minimum Gasteiger partial charge on any atom is -0.493 e. The van der Waals surface area contributed by atoms with E-state index in [0.29, 0.717) is 46.9 Å². The van der Waals surface area contributed by atoms with Crippen LogP contribution in [0.4, 0.5) is 15.9 Å². The fourth-order valence-corrected chi connectivity index (χ4v) is 3.99. The van der Waals surface area contributed by atoms with Gasteiger partial charge in [-0.05, 0) is 43.5 Å². The number of nitrogens with one attached hydrogen (secondary N) is 1. The number of hydrogen-bond donors (Lipinski definition) is 1. The molecule has 4 rings (SSSR count). The summed E-state index contributed by atoms with van der Waals surface area (Å²) in [6, 6.07) is 6.84. The molecule has 0 radical (unpaired) electrons. The summed E-state index contributed by atoms with van der Waals surface area (Å²) in [6.07, 6.45) is 4.11. The third-order valence-electron chi connectivity index (χ3n) is 5.61. The maximum Gasteiger partial charge on any atom is 0.246 e. The number of carbonyl (C=O) groups excluding carboxylic acids is 1. The number of fused-ring (bicyclic) bond motifs is 1. The topological polar surface area (TPSA) is 76.6 Å². The number of anilines is 2. The van der Waals surface area contributed by atoms with Crippen LogP contribution in [0.25, 0.3) is 10.9 Å². The van der Waals surface area contributed by atoms with Crippen LogP contribution in [0.2, 0.25) is 5.02 Å². The molecule has 9 heteroatoms. The average Bonchev–Trinajstić information content (AvgIpc) is 2.84. The number of halogens is 2. The lowest BCUT2D eigenvalue weighted by molar-refractivity contribution is -0.128. The van der Waals surface area contributed by atoms with Crippen LogP contribution in [0, 0.1) is 12.7 Å². The number of rotatable bonds is 6. The molecule has 33 heavy (non-hydrogen) atoms. The van der Waals surface area contributed by atoms with Crippen molar-refractivity contribution in [1.29, 1.82) is 0 Å². The summed E-state index contributed by atoms with van der Waals surface area (Å²) in [7, 11) is 1.55. The molecule has 2 heterocycles. The Morgan fingerprint density at radius 1 is 1.33 bits per heavy atom. The Morgan fingerprint density at radius 2 is 2.15 bits per heavy atom. The van der Waals surface area contributed by atoms with Gasteiger partial charge >= 0.3 is 0 Å². The summed E-state index contributed by atoms with van der Waals surface area (Å²) in [5, 5.41) is 3.69. The van der Waals surface area contributed by atoms with Crippen LogP contribution >= 0.6 is 11.6 Å². The second kappa shape index (κ2) is 9.62. The van der Waals surface area contributed by atoms with Gasteiger partial charge in [0.1, 0.15) is 18.2 Å². The number of piperidine rings is 1. The van der Waals surface area contributed by atoms with Gasteiger partial charge in [-0.1, -0.05) is 24.2 Å². The minimum atomic E-state index is -0.553. The molecule has 0 aliphatic carbocycles. The summed E-state index contributed by atoms with van der Waals surface area (Å²) in [5.41, 5.74) is 1.45. The Morgan fingerprint density at radius 3 is 2.91 bits per heavy atom. The van der Waals surface area contributed by atoms with Gasteiger partial charge in [0.25, 0.3) is 0 Å². The quantitative estimate of drug-likeness (QED) is 0.509. The van der Waals surface area contributed by atoms with E-state index in [1.165, 1.54) is 12.4 Å². The highest BCUT2D eigenvalue weighted by atomic mass is 35.5. The molecule has 0 spiro atoms. The third-order valence-corrected chi connectivity index (χ3v) is 6.07. The molecule has 0 saturated carbocycles. The Hall–Kier alpha value is -3.39. The van der Waals surface area contributed by atoms with Crippen molar-refractivity contribution >= 4 is 39.9 Å². The standard InChI is InChI=1S/C24H24ClFN4O3/c1-4-21(31)30-9-5-6-15(12-30)33-20-10-16-18(11-19(20)32-3)27-13-28-24(16)29-17-8-7-14(2)22(25)23(17)26/h4,7-8,10-11,13,15H,1,5-6,9,12H2,2-3H3,(H,27,28,29). The van der Waals surface area contributed by atoms with Crippen molar-refractivity contribution in [1.82, 2.24) is 14.9 Å². The van der Waals surface area contributed by atoms with Gasteiger partial charge in [-0.2, -0.15) is 0 Å². The van der Waals surface area contributed by atoms with Crippen LogP contribution in [0.1, 0.15) is 18.4 Å². The van der Waals surface area contributed by atoms with Crippen LogP contribution in [0.5, 0.6) is 11.5 Å². The maximum absolute atomic E-state index is 14.7. The molecule has 7 nitrogen and oxygen atoms in total. The lowest BCUT2D eigenvalue weighted by Crippen LogP contribution is -2.43. The first-order valence-corrected chi connectivity index (χ1v) is 10.9. The highest BCUT2D eigenvalue weighted by Crippen LogP contribution is 2.37. The van der Waals surface area contributed by atoms with Gasteiger partial charge < -0.3 is 19.7 Å². The van der Waals surface area contributed by atoms with Gasteiger partial charge in [-0.15, -0.1) is 0 Å². The molecule has 1 unspecified atom stereocenters. The number of hydrogen-bond acceptors (Lipinski definition) is 6. The molecule has 172 valence electrons. The molecule has 1 atom stereocenters. The second-order valence-electron chi connectivity index (χ2n) is 7.80. The third kappa shape index (κ3) is 4.71. The van der Waals surface area contributed by atoms with E-state index in [9.17, 15) is 9.18 Å². The zero-order valence-electron chi connectivity index (χ0n) is 18.4. The molecular formula is C24H24ClFN4O3. The first kappa shape index (κ1) is 22.8. The van der Waals surface area contributed by atoms with Crippen molar-refractivity contribution < 1.29 is 18.7 Å². The highest BCUT2D eigenvalue weighted by Gasteiger charge is 2.25. The zero-order valence-corrected chi connectivity index (χ0v) is 19.2. The lowest BCUT2D eigenvalue weighted by atomic mass is 10.1. The Bertz CT molecular complexity index is 1220. The molecule has 1 fully saturated rings. The number of amides is 1. The van der Waals surface area contributed by atoms with E-state index in [2.05, 4.69) is 21.9 Å². The predicted octanol–water partition coefficient (Wildman–Crippen LogP) is 5.04. The van der Waals surface area contributed by atoms with Gasteiger partial charge in [0.05, 0.1) is 29.9 Å². The summed E-state index contributed by atoms with van der Waals surface area (Å²) in [6.45, 7) is 6.42. The summed E-state index contributed by atoms with van der Waals surface area (Å²) >= 11 is 6.07. The molecule has 1 aliphatic rings. The number of ether oxygens (including phenoxy) is 2. The van der Waals surface area contributed by atoms with Crippen LogP contribution in [-0.2, 0) is 4.79 Å². The summed E-state index contributed by atoms with van der Waals surface area (Å²) < 4.78 is 26.4. The molecule has 2 aromatic carbocycles. The van der Waals surface area contributed by atoms with E-state index < -0.39 is 5.82 Å². The van der Waals surface area contributed by atoms with E-state index in [-0.39, 0.29) is 22.7 Å². The van der Waals surface area contributed by atoms with E-state index in [0.717, 1.165) is 12.8 Å². The van der Waals surface area contributed by atoms with E-state index in [1.807, 2.05) is 0 Å². The molecule has 1 N–H and O–H groups in total. The van der Waals surface area contributed by atoms with Crippen LogP contribution in [0.3, 0.4) is 0 Å². The number of aryl methyl sites for hydroxylation is 1. The molecule has 1 amide bonds. The van der Waals surface area contributed by atoms with Gasteiger partial charge in [-0.3, -0.25) is 4.79 Å². The number of carbonyl (C=O) groups is 1. The molecule has 1 aromatic heterocycles. The number of aromatic nitrogens is 2. The molecule has 1 aliphatic heterocycles. The van der Waals surface area contributed by atoms with E-state index in [4.69, 9.17) is 21.1 Å².